The number of likely N-dealkylation sites (N-methyl/N-ethyl adjacent to an activating group) is 1. The molecule has 0 spiro atoms. The monoisotopic (exact) mass is 1010 g/mol. The van der Waals surface area contributed by atoms with Crippen LogP contribution in [-0.2, 0) is 0 Å². The number of aromatic nitrogens is 10. The fourth-order valence-electron chi connectivity index (χ4n) is 7.68. The van der Waals surface area contributed by atoms with Crippen LogP contribution in [0.15, 0.2) is 196 Å². The molecule has 76 heavy (non-hydrogen) atoms. The number of nitrogen functional groups attached to an aromatic ring is 5. The van der Waals surface area contributed by atoms with E-state index in [0.717, 1.165) is 98.8 Å². The van der Waals surface area contributed by atoms with Gasteiger partial charge in [-0.3, -0.25) is 44.7 Å². The van der Waals surface area contributed by atoms with Crippen LogP contribution in [0.4, 0.5) is 28.4 Å². The highest BCUT2D eigenvalue weighted by molar-refractivity contribution is 5.95. The van der Waals surface area contributed by atoms with Crippen molar-refractivity contribution in [3.05, 3.63) is 213 Å². The number of nitrogens with zero attached hydrogens (tertiary/aromatic N) is 12. The average molecular weight is 1010 g/mol. The van der Waals surface area contributed by atoms with Gasteiger partial charge in [-0.25, -0.2) is 0 Å². The van der Waals surface area contributed by atoms with Crippen molar-refractivity contribution in [3.8, 4) is 55.6 Å². The SMILES string of the molecule is CN1CCN(C(=O)c2ccc(-c3ccncc3N)cc2)CC1.Cc1ccc(-c2ccncc2N)cn1.Cc1ncccc1-c1ccncc1N.Nc1cnccc1-c1cccnc1.Nc1cnccc1-c1ccnnc1. The molecule has 1 fully saturated rings. The summed E-state index contributed by atoms with van der Waals surface area (Å²) in [6.45, 7) is 7.35. The summed E-state index contributed by atoms with van der Waals surface area (Å²) in [5.41, 5.74) is 45.0. The molecule has 1 saturated heterocycles. The van der Waals surface area contributed by atoms with Crippen LogP contribution in [-0.4, -0.2) is 99.0 Å². The molecule has 0 bridgehead atoms. The quantitative estimate of drug-likeness (QED) is 0.104. The first-order chi connectivity index (χ1) is 37.0. The second kappa shape index (κ2) is 27.1. The second-order valence-corrected chi connectivity index (χ2v) is 17.2. The maximum atomic E-state index is 12.5. The number of benzene rings is 1. The van der Waals surface area contributed by atoms with Gasteiger partial charge in [-0.1, -0.05) is 30.3 Å². The number of hydrogen-bond donors (Lipinski definition) is 5. The van der Waals surface area contributed by atoms with Crippen LogP contribution in [0.5, 0.6) is 0 Å². The molecule has 0 saturated carbocycles. The molecule has 10 N–H and O–H groups in total. The summed E-state index contributed by atoms with van der Waals surface area (Å²) in [5.74, 6) is 0.0994. The summed E-state index contributed by atoms with van der Waals surface area (Å²) in [5, 5.41) is 7.47. The summed E-state index contributed by atoms with van der Waals surface area (Å²) >= 11 is 0. The Morgan fingerprint density at radius 1 is 0.395 bits per heavy atom. The van der Waals surface area contributed by atoms with Crippen LogP contribution >= 0.6 is 0 Å². The van der Waals surface area contributed by atoms with Gasteiger partial charge in [0.25, 0.3) is 5.91 Å². The molecule has 10 heterocycles. The summed E-state index contributed by atoms with van der Waals surface area (Å²) in [6.07, 6.45) is 27.2. The van der Waals surface area contributed by atoms with E-state index in [0.29, 0.717) is 28.4 Å². The zero-order chi connectivity index (χ0) is 53.7. The van der Waals surface area contributed by atoms with E-state index in [1.165, 1.54) is 0 Å². The number of aryl methyl sites for hydroxylation is 2. The molecule has 1 amide bonds. The number of anilines is 5. The molecule has 382 valence electrons. The standard InChI is InChI=1S/C17H20N4O.2C11H11N3.C10H9N3.C9H8N4/c1-20-8-10-21(11-9-20)17(22)14-4-2-13(3-5-14)15-6-7-19-12-16(15)18;1-8-2-3-9(6-14-8)10-4-5-13-7-11(10)12;1-8-9(3-2-5-14-8)10-4-6-13-7-11(10)12;11-10-7-13-5-3-9(10)8-2-1-4-12-6-8;10-9-6-11-3-2-8(9)7-1-4-12-13-5-7/h2-7,12H,8-11,18H2,1H3;2*2-7H,12H2,1H3;1-7H,11H2;1-6H,10H2. The first-order valence-corrected chi connectivity index (χ1v) is 24.0. The minimum Gasteiger partial charge on any atom is -0.397 e. The molecule has 0 aliphatic carbocycles. The van der Waals surface area contributed by atoms with Gasteiger partial charge in [0.2, 0.25) is 0 Å². The Labute approximate surface area is 441 Å². The zero-order valence-corrected chi connectivity index (χ0v) is 42.5. The van der Waals surface area contributed by atoms with Crippen molar-refractivity contribution >= 4 is 34.3 Å². The Hall–Kier alpha value is -10.1. The fraction of sp³-hybridized carbons (Fsp3) is 0.121. The Bertz CT molecular complexity index is 3270. The number of hydrogen-bond acceptors (Lipinski definition) is 17. The van der Waals surface area contributed by atoms with Crippen LogP contribution in [0, 0.1) is 13.8 Å². The van der Waals surface area contributed by atoms with E-state index in [-0.39, 0.29) is 5.91 Å². The topological polar surface area (TPSA) is 283 Å². The van der Waals surface area contributed by atoms with Gasteiger partial charge in [0.15, 0.2) is 0 Å². The predicted octanol–water partition coefficient (Wildman–Crippen LogP) is 8.63. The third-order valence-electron chi connectivity index (χ3n) is 11.9. The molecule has 11 rings (SSSR count). The lowest BCUT2D eigenvalue weighted by Crippen LogP contribution is -2.47. The summed E-state index contributed by atoms with van der Waals surface area (Å²) in [6, 6.07) is 30.6. The lowest BCUT2D eigenvalue weighted by Gasteiger charge is -2.32. The van der Waals surface area contributed by atoms with Gasteiger partial charge in [0.1, 0.15) is 0 Å². The van der Waals surface area contributed by atoms with Crippen LogP contribution in [0.25, 0.3) is 55.6 Å². The van der Waals surface area contributed by atoms with Gasteiger partial charge in [-0.2, -0.15) is 10.2 Å². The normalized spacial score (nSPS) is 11.6. The fourth-order valence-corrected chi connectivity index (χ4v) is 7.68. The third kappa shape index (κ3) is 15.0. The molecule has 0 radical (unpaired) electrons. The van der Waals surface area contributed by atoms with Crippen molar-refractivity contribution in [2.24, 2.45) is 0 Å². The van der Waals surface area contributed by atoms with Crippen molar-refractivity contribution in [1.82, 2.24) is 59.9 Å². The molecule has 0 atom stereocenters. The Balaban J connectivity index is 0.000000141. The summed E-state index contributed by atoms with van der Waals surface area (Å²) in [4.78, 5) is 48.8. The molecule has 10 aromatic rings. The molecule has 9 aromatic heterocycles. The molecule has 18 nitrogen and oxygen atoms in total. The molecule has 0 unspecified atom stereocenters. The maximum Gasteiger partial charge on any atom is 0.253 e. The van der Waals surface area contributed by atoms with E-state index in [1.807, 2.05) is 122 Å². The van der Waals surface area contributed by atoms with E-state index < -0.39 is 0 Å². The van der Waals surface area contributed by atoms with Gasteiger partial charge in [-0.15, -0.1) is 0 Å². The molecule has 1 aromatic carbocycles. The van der Waals surface area contributed by atoms with Crippen LogP contribution in [0.2, 0.25) is 0 Å². The Kier molecular flexibility index (Phi) is 19.2. The number of carbonyl (C=O) groups is 1. The van der Waals surface area contributed by atoms with E-state index >= 15 is 0 Å². The Morgan fingerprint density at radius 3 is 1.30 bits per heavy atom. The molecule has 18 heteroatoms. The Morgan fingerprint density at radius 2 is 0.855 bits per heavy atom. The van der Waals surface area contributed by atoms with Gasteiger partial charge in [-0.05, 0) is 93.2 Å². The molecule has 1 aliphatic heterocycles. The smallest absolute Gasteiger partial charge is 0.253 e. The third-order valence-corrected chi connectivity index (χ3v) is 11.9. The molecule has 1 aliphatic rings. The zero-order valence-electron chi connectivity index (χ0n) is 42.5. The highest BCUT2D eigenvalue weighted by Crippen LogP contribution is 2.28. The molecular formula is C58H59N17O. The van der Waals surface area contributed by atoms with E-state index in [1.54, 1.807) is 93.0 Å². The largest absolute Gasteiger partial charge is 0.397 e. The first-order valence-electron chi connectivity index (χ1n) is 24.0. The molecular weight excluding hydrogens is 951 g/mol. The van der Waals surface area contributed by atoms with Crippen LogP contribution < -0.4 is 28.7 Å². The summed E-state index contributed by atoms with van der Waals surface area (Å²) in [7, 11) is 2.08. The highest BCUT2D eigenvalue weighted by Gasteiger charge is 2.20. The van der Waals surface area contributed by atoms with Crippen molar-refractivity contribution in [1.29, 1.82) is 0 Å². The lowest BCUT2D eigenvalue weighted by atomic mass is 10.0. The van der Waals surface area contributed by atoms with Gasteiger partial charge >= 0.3 is 0 Å². The predicted molar refractivity (Wildman–Crippen MR) is 302 cm³/mol. The van der Waals surface area contributed by atoms with Gasteiger partial charge < -0.3 is 38.5 Å². The number of carbonyl (C=O) groups excluding carboxylic acids is 1. The number of piperazine rings is 1. The number of nitrogens with two attached hydrogens (primary N) is 5. The van der Waals surface area contributed by atoms with Crippen molar-refractivity contribution < 1.29 is 4.79 Å². The summed E-state index contributed by atoms with van der Waals surface area (Å²) < 4.78 is 0. The van der Waals surface area contributed by atoms with Gasteiger partial charge in [0.05, 0.1) is 71.8 Å². The maximum absolute atomic E-state index is 12.5. The van der Waals surface area contributed by atoms with Crippen molar-refractivity contribution in [2.45, 2.75) is 13.8 Å². The van der Waals surface area contributed by atoms with E-state index in [4.69, 9.17) is 28.7 Å². The minimum absolute atomic E-state index is 0.0994. The van der Waals surface area contributed by atoms with E-state index in [2.05, 4.69) is 62.0 Å². The average Bonchev–Trinajstić information content (AvgIpc) is 3.46. The number of amides is 1. The minimum atomic E-state index is 0.0994. The van der Waals surface area contributed by atoms with Gasteiger partial charge in [0, 0.05) is 149 Å². The van der Waals surface area contributed by atoms with Crippen molar-refractivity contribution in [3.63, 3.8) is 0 Å². The lowest BCUT2D eigenvalue weighted by molar-refractivity contribution is 0.0664. The van der Waals surface area contributed by atoms with Crippen LogP contribution in [0.3, 0.4) is 0 Å². The highest BCUT2D eigenvalue weighted by atomic mass is 16.2. The second-order valence-electron chi connectivity index (χ2n) is 17.2. The number of pyridine rings is 8. The van der Waals surface area contributed by atoms with Crippen LogP contribution in [0.1, 0.15) is 21.7 Å². The number of rotatable bonds is 6. The van der Waals surface area contributed by atoms with Crippen molar-refractivity contribution in [2.75, 3.05) is 61.9 Å². The first kappa shape index (κ1) is 53.7. The van der Waals surface area contributed by atoms with E-state index in [9.17, 15) is 4.79 Å².